The van der Waals surface area contributed by atoms with Gasteiger partial charge in [-0.2, -0.15) is 0 Å². The van der Waals surface area contributed by atoms with Crippen LogP contribution in [0, 0.1) is 5.92 Å². The normalized spacial score (nSPS) is 17.4. The molecule has 2 unspecified atom stereocenters. The third-order valence-corrected chi connectivity index (χ3v) is 6.02. The van der Waals surface area contributed by atoms with Crippen molar-refractivity contribution in [2.45, 2.75) is 37.4 Å². The van der Waals surface area contributed by atoms with Gasteiger partial charge in [0.25, 0.3) is 0 Å². The number of rotatable bonds is 8. The van der Waals surface area contributed by atoms with Crippen molar-refractivity contribution in [3.05, 3.63) is 132 Å². The highest BCUT2D eigenvalue weighted by atomic mass is 16.5. The Morgan fingerprint density at radius 1 is 0.833 bits per heavy atom. The third-order valence-electron chi connectivity index (χ3n) is 6.02. The number of ether oxygens (including phenoxy) is 1. The fraction of sp³-hybridized carbons (Fsp3) is 0.241. The highest BCUT2D eigenvalue weighted by Gasteiger charge is 2.39. The summed E-state index contributed by atoms with van der Waals surface area (Å²) in [6.07, 6.45) is 11.2. The fourth-order valence-electron chi connectivity index (χ4n) is 4.52. The second-order valence-electron chi connectivity index (χ2n) is 8.03. The van der Waals surface area contributed by atoms with Crippen LogP contribution in [0.15, 0.2) is 116 Å². The van der Waals surface area contributed by atoms with Gasteiger partial charge < -0.3 is 4.74 Å². The molecule has 0 aromatic heterocycles. The summed E-state index contributed by atoms with van der Waals surface area (Å²) >= 11 is 0. The van der Waals surface area contributed by atoms with Gasteiger partial charge in [-0.1, -0.05) is 109 Å². The van der Waals surface area contributed by atoms with E-state index in [4.69, 9.17) is 4.74 Å². The van der Waals surface area contributed by atoms with Crippen molar-refractivity contribution < 1.29 is 4.74 Å². The summed E-state index contributed by atoms with van der Waals surface area (Å²) in [6, 6.07) is 31.7. The van der Waals surface area contributed by atoms with Gasteiger partial charge in [0.2, 0.25) is 0 Å². The molecule has 0 radical (unpaired) electrons. The van der Waals surface area contributed by atoms with E-state index in [0.717, 1.165) is 23.1 Å². The zero-order chi connectivity index (χ0) is 20.7. The maximum atomic E-state index is 7.10. The first kappa shape index (κ1) is 20.4. The van der Waals surface area contributed by atoms with E-state index in [9.17, 15) is 0 Å². The summed E-state index contributed by atoms with van der Waals surface area (Å²) in [7, 11) is 0. The molecule has 152 valence electrons. The molecule has 2 atom stereocenters. The monoisotopic (exact) mass is 394 g/mol. The minimum absolute atomic E-state index is 0.0571. The first-order valence-corrected chi connectivity index (χ1v) is 11.0. The molecule has 1 heteroatoms. The summed E-state index contributed by atoms with van der Waals surface area (Å²) in [5, 5.41) is 0. The van der Waals surface area contributed by atoms with Crippen molar-refractivity contribution in [3.63, 3.8) is 0 Å². The molecule has 0 bridgehead atoms. The fourth-order valence-corrected chi connectivity index (χ4v) is 4.52. The van der Waals surface area contributed by atoms with Crippen LogP contribution in [0.1, 0.15) is 42.4 Å². The summed E-state index contributed by atoms with van der Waals surface area (Å²) < 4.78 is 7.10. The largest absolute Gasteiger partial charge is 0.354 e. The molecule has 3 aromatic carbocycles. The van der Waals surface area contributed by atoms with Crippen molar-refractivity contribution >= 4 is 0 Å². The van der Waals surface area contributed by atoms with E-state index in [-0.39, 0.29) is 6.10 Å². The minimum Gasteiger partial charge on any atom is -0.354 e. The van der Waals surface area contributed by atoms with Crippen LogP contribution >= 0.6 is 0 Å². The molecule has 0 amide bonds. The lowest BCUT2D eigenvalue weighted by Gasteiger charge is -2.39. The molecular formula is C29H30O. The molecule has 1 nitrogen and oxygen atoms in total. The number of hydrogen-bond donors (Lipinski definition) is 0. The van der Waals surface area contributed by atoms with Crippen LogP contribution in [-0.2, 0) is 10.3 Å². The Hall–Kier alpha value is -2.90. The van der Waals surface area contributed by atoms with Gasteiger partial charge in [-0.25, -0.2) is 0 Å². The van der Waals surface area contributed by atoms with E-state index in [2.05, 4.69) is 110 Å². The Balaban J connectivity index is 1.82. The van der Waals surface area contributed by atoms with Gasteiger partial charge in [-0.15, -0.1) is 6.58 Å². The highest BCUT2D eigenvalue weighted by molar-refractivity contribution is 5.47. The van der Waals surface area contributed by atoms with Gasteiger partial charge >= 0.3 is 0 Å². The topological polar surface area (TPSA) is 9.23 Å². The Kier molecular flexibility index (Phi) is 6.61. The average molecular weight is 395 g/mol. The Morgan fingerprint density at radius 3 is 1.73 bits per heavy atom. The van der Waals surface area contributed by atoms with Crippen LogP contribution in [0.25, 0.3) is 0 Å². The number of benzene rings is 3. The van der Waals surface area contributed by atoms with Crippen molar-refractivity contribution in [1.82, 2.24) is 0 Å². The molecule has 0 fully saturated rings. The molecule has 1 aliphatic carbocycles. The lowest BCUT2D eigenvalue weighted by atomic mass is 9.79. The minimum atomic E-state index is -0.693. The molecule has 0 saturated heterocycles. The SMILES string of the molecule is C=CC(CC1C=CCCC1)OC(c1ccccc1)(c1ccccc1)c1ccccc1. The van der Waals surface area contributed by atoms with Crippen LogP contribution in [0.5, 0.6) is 0 Å². The zero-order valence-corrected chi connectivity index (χ0v) is 17.5. The van der Waals surface area contributed by atoms with E-state index in [1.807, 2.05) is 6.08 Å². The van der Waals surface area contributed by atoms with Gasteiger partial charge in [-0.05, 0) is 48.3 Å². The lowest BCUT2D eigenvalue weighted by Crippen LogP contribution is -2.37. The summed E-state index contributed by atoms with van der Waals surface area (Å²) in [4.78, 5) is 0. The van der Waals surface area contributed by atoms with E-state index in [0.29, 0.717) is 5.92 Å². The predicted octanol–water partition coefficient (Wildman–Crippen LogP) is 7.30. The Labute approximate surface area is 180 Å². The second-order valence-corrected chi connectivity index (χ2v) is 8.03. The molecule has 1 aliphatic rings. The lowest BCUT2D eigenvalue weighted by molar-refractivity contribution is -0.0323. The van der Waals surface area contributed by atoms with Crippen LogP contribution < -0.4 is 0 Å². The number of hydrogen-bond acceptors (Lipinski definition) is 1. The van der Waals surface area contributed by atoms with Crippen molar-refractivity contribution in [2.24, 2.45) is 5.92 Å². The Bertz CT molecular complexity index is 847. The highest BCUT2D eigenvalue weighted by Crippen LogP contribution is 2.42. The smallest absolute Gasteiger partial charge is 0.144 e. The van der Waals surface area contributed by atoms with E-state index in [1.165, 1.54) is 19.3 Å². The molecule has 0 heterocycles. The van der Waals surface area contributed by atoms with E-state index < -0.39 is 5.60 Å². The van der Waals surface area contributed by atoms with Crippen LogP contribution in [0.3, 0.4) is 0 Å². The molecule has 30 heavy (non-hydrogen) atoms. The average Bonchev–Trinajstić information content (AvgIpc) is 2.84. The third kappa shape index (κ3) is 4.32. The van der Waals surface area contributed by atoms with Crippen molar-refractivity contribution in [1.29, 1.82) is 0 Å². The summed E-state index contributed by atoms with van der Waals surface area (Å²) in [6.45, 7) is 4.14. The summed E-state index contributed by atoms with van der Waals surface area (Å²) in [5.41, 5.74) is 2.70. The first-order valence-electron chi connectivity index (χ1n) is 11.0. The molecule has 0 N–H and O–H groups in total. The molecular weight excluding hydrogens is 364 g/mol. The van der Waals surface area contributed by atoms with Crippen LogP contribution in [-0.4, -0.2) is 6.10 Å². The maximum Gasteiger partial charge on any atom is 0.144 e. The van der Waals surface area contributed by atoms with Crippen LogP contribution in [0.2, 0.25) is 0 Å². The van der Waals surface area contributed by atoms with Gasteiger partial charge in [0.05, 0.1) is 6.10 Å². The first-order chi connectivity index (χ1) is 14.8. The van der Waals surface area contributed by atoms with Gasteiger partial charge in [0.1, 0.15) is 5.60 Å². The number of allylic oxidation sites excluding steroid dienone is 2. The second kappa shape index (κ2) is 9.73. The zero-order valence-electron chi connectivity index (χ0n) is 17.5. The van der Waals surface area contributed by atoms with Gasteiger partial charge in [0.15, 0.2) is 0 Å². The summed E-state index contributed by atoms with van der Waals surface area (Å²) in [5.74, 6) is 0.543. The predicted molar refractivity (Wildman–Crippen MR) is 125 cm³/mol. The van der Waals surface area contributed by atoms with E-state index in [1.54, 1.807) is 0 Å². The molecule has 0 spiro atoms. The molecule has 0 aliphatic heterocycles. The van der Waals surface area contributed by atoms with Crippen LogP contribution in [0.4, 0.5) is 0 Å². The van der Waals surface area contributed by atoms with Crippen molar-refractivity contribution in [2.75, 3.05) is 0 Å². The van der Waals surface area contributed by atoms with Crippen molar-refractivity contribution in [3.8, 4) is 0 Å². The standard InChI is InChI=1S/C29H30O/c1-2-28(23-24-15-7-3-8-16-24)30-29(25-17-9-4-10-18-25,26-19-11-5-12-20-26)27-21-13-6-14-22-27/h2,4-7,9-15,17-22,24,28H,1,3,8,16,23H2. The molecule has 0 saturated carbocycles. The molecule has 3 aromatic rings. The maximum absolute atomic E-state index is 7.10. The van der Waals surface area contributed by atoms with Gasteiger partial charge in [-0.3, -0.25) is 0 Å². The van der Waals surface area contributed by atoms with Gasteiger partial charge in [0, 0.05) is 0 Å². The van der Waals surface area contributed by atoms with E-state index >= 15 is 0 Å². The quantitative estimate of drug-likeness (QED) is 0.288. The molecule has 4 rings (SSSR count). The Morgan fingerprint density at radius 2 is 1.33 bits per heavy atom.